The fourth-order valence-corrected chi connectivity index (χ4v) is 6.00. The van der Waals surface area contributed by atoms with Crippen LogP contribution >= 0.6 is 47.8 Å². The summed E-state index contributed by atoms with van der Waals surface area (Å²) in [6, 6.07) is 6.41. The fraction of sp³-hybridized carbons (Fsp3) is 0.435. The molecule has 0 atom stereocenters. The number of aliphatic hydroxyl groups excluding tert-OH is 1. The molecule has 3 aromatic rings. The highest BCUT2D eigenvalue weighted by Gasteiger charge is 2.23. The smallest absolute Gasteiger partial charge is 0.147 e. The van der Waals surface area contributed by atoms with Gasteiger partial charge in [-0.1, -0.05) is 0 Å². The van der Waals surface area contributed by atoms with Gasteiger partial charge in [-0.15, -0.1) is 0 Å². The van der Waals surface area contributed by atoms with Crippen molar-refractivity contribution in [1.82, 2.24) is 9.55 Å². The maximum atomic E-state index is 9.13. The summed E-state index contributed by atoms with van der Waals surface area (Å²) >= 11 is 10.9. The maximum Gasteiger partial charge on any atom is 0.147 e. The number of hydrogen-bond donors (Lipinski definition) is 1. The Morgan fingerprint density at radius 2 is 1.70 bits per heavy atom. The Hall–Kier alpha value is -0.890. The average Bonchev–Trinajstić information content (AvgIpc) is 3.05. The van der Waals surface area contributed by atoms with Gasteiger partial charge in [0.2, 0.25) is 0 Å². The third-order valence-electron chi connectivity index (χ3n) is 6.03. The summed E-state index contributed by atoms with van der Waals surface area (Å²) in [4.78, 5) is 7.46. The second-order valence-corrected chi connectivity index (χ2v) is 10.7. The van der Waals surface area contributed by atoms with Gasteiger partial charge in [-0.3, -0.25) is 4.57 Å². The summed E-state index contributed by atoms with van der Waals surface area (Å²) < 4.78 is 5.23. The van der Waals surface area contributed by atoms with Crippen LogP contribution in [-0.2, 0) is 0 Å². The molecular weight excluding hydrogens is 574 g/mol. The van der Waals surface area contributed by atoms with Crippen LogP contribution in [0.2, 0.25) is 0 Å². The summed E-state index contributed by atoms with van der Waals surface area (Å²) in [5.74, 6) is 0.730. The van der Waals surface area contributed by atoms with Crippen LogP contribution in [0.1, 0.15) is 36.9 Å². The molecule has 1 aliphatic rings. The van der Waals surface area contributed by atoms with Crippen molar-refractivity contribution in [2.45, 2.75) is 39.5 Å². The molecule has 4 rings (SSSR count). The number of aliphatic hydroxyl groups is 1. The monoisotopic (exact) mass is 597 g/mol. The van der Waals surface area contributed by atoms with Crippen LogP contribution in [0.3, 0.4) is 0 Å². The van der Waals surface area contributed by atoms with Crippen LogP contribution in [0.15, 0.2) is 37.8 Å². The Labute approximate surface area is 203 Å². The first-order valence-corrected chi connectivity index (χ1v) is 12.8. The number of nitrogens with zero attached hydrogens (tertiary/aromatic N) is 3. The number of halogens is 3. The van der Waals surface area contributed by atoms with E-state index in [-0.39, 0.29) is 0 Å². The number of aryl methyl sites for hydroxylation is 2. The number of pyridine rings is 1. The number of aromatic nitrogens is 2. The second-order valence-electron chi connectivity index (χ2n) is 8.18. The first-order chi connectivity index (χ1) is 14.4. The Morgan fingerprint density at radius 1 is 1.00 bits per heavy atom. The van der Waals surface area contributed by atoms with E-state index in [0.717, 1.165) is 62.3 Å². The molecule has 4 nitrogen and oxygen atoms in total. The van der Waals surface area contributed by atoms with Crippen molar-refractivity contribution < 1.29 is 5.11 Å². The lowest BCUT2D eigenvalue weighted by Crippen LogP contribution is -2.34. The highest BCUT2D eigenvalue weighted by atomic mass is 79.9. The van der Waals surface area contributed by atoms with Crippen LogP contribution in [0.5, 0.6) is 0 Å². The zero-order chi connectivity index (χ0) is 21.4. The molecule has 0 radical (unpaired) electrons. The molecule has 1 aliphatic heterocycles. The molecule has 0 bridgehead atoms. The van der Waals surface area contributed by atoms with Gasteiger partial charge in [-0.25, -0.2) is 4.98 Å². The van der Waals surface area contributed by atoms with Gasteiger partial charge in [0.05, 0.1) is 5.69 Å². The lowest BCUT2D eigenvalue weighted by atomic mass is 9.92. The average molecular weight is 600 g/mol. The maximum absolute atomic E-state index is 9.13. The van der Waals surface area contributed by atoms with E-state index in [9.17, 15) is 0 Å². The molecule has 0 aliphatic carbocycles. The molecule has 3 heterocycles. The standard InChI is InChI=1S/C23H26Br3N3O/c1-14-13-29(20-12-18(25)17(24)11-19(20)26)23-22(14)21(10-15(2)27-23)28-7-5-16(6-8-28)4-3-9-30/h10-13,16,30H,3-9H2,1-2H3. The lowest BCUT2D eigenvalue weighted by molar-refractivity contribution is 0.261. The summed E-state index contributed by atoms with van der Waals surface area (Å²) in [5, 5.41) is 10.4. The third kappa shape index (κ3) is 4.36. The van der Waals surface area contributed by atoms with Crippen LogP contribution in [-0.4, -0.2) is 34.4 Å². The number of piperidine rings is 1. The summed E-state index contributed by atoms with van der Waals surface area (Å²) in [5.41, 5.74) is 5.63. The van der Waals surface area contributed by atoms with E-state index in [2.05, 4.69) is 95.5 Å². The quantitative estimate of drug-likeness (QED) is 0.324. The van der Waals surface area contributed by atoms with Crippen molar-refractivity contribution in [2.75, 3.05) is 24.6 Å². The van der Waals surface area contributed by atoms with Crippen LogP contribution < -0.4 is 4.90 Å². The van der Waals surface area contributed by atoms with Crippen molar-refractivity contribution in [3.63, 3.8) is 0 Å². The number of anilines is 1. The van der Waals surface area contributed by atoms with Gasteiger partial charge in [0.25, 0.3) is 0 Å². The minimum Gasteiger partial charge on any atom is -0.396 e. The molecule has 1 saturated heterocycles. The summed E-state index contributed by atoms with van der Waals surface area (Å²) in [6.07, 6.45) is 6.62. The molecule has 1 fully saturated rings. The molecule has 0 spiro atoms. The SMILES string of the molecule is Cc1cc(N2CCC(CCCO)CC2)c2c(C)cn(-c3cc(Br)c(Br)cc3Br)c2n1. The number of benzene rings is 1. The van der Waals surface area contributed by atoms with E-state index < -0.39 is 0 Å². The van der Waals surface area contributed by atoms with E-state index in [1.165, 1.54) is 29.5 Å². The molecule has 7 heteroatoms. The topological polar surface area (TPSA) is 41.3 Å². The van der Waals surface area contributed by atoms with Gasteiger partial charge in [0, 0.05) is 56.1 Å². The van der Waals surface area contributed by atoms with E-state index in [1.54, 1.807) is 0 Å². The Kier molecular flexibility index (Phi) is 6.92. The van der Waals surface area contributed by atoms with E-state index in [4.69, 9.17) is 10.1 Å². The Morgan fingerprint density at radius 3 is 2.40 bits per heavy atom. The predicted octanol–water partition coefficient (Wildman–Crippen LogP) is 6.92. The molecule has 1 N–H and O–H groups in total. The number of rotatable bonds is 5. The predicted molar refractivity (Wildman–Crippen MR) is 135 cm³/mol. The first kappa shape index (κ1) is 22.3. The molecule has 30 heavy (non-hydrogen) atoms. The molecule has 2 aromatic heterocycles. The lowest BCUT2D eigenvalue weighted by Gasteiger charge is -2.34. The fourth-order valence-electron chi connectivity index (χ4n) is 4.48. The molecule has 0 unspecified atom stereocenters. The highest BCUT2D eigenvalue weighted by Crippen LogP contribution is 2.38. The normalized spacial score (nSPS) is 15.3. The Balaban J connectivity index is 1.75. The Bertz CT molecular complexity index is 1070. The van der Waals surface area contributed by atoms with Gasteiger partial charge < -0.3 is 10.0 Å². The van der Waals surface area contributed by atoms with Gasteiger partial charge in [0.1, 0.15) is 5.65 Å². The summed E-state index contributed by atoms with van der Waals surface area (Å²) in [6.45, 7) is 6.68. The van der Waals surface area contributed by atoms with Crippen molar-refractivity contribution in [2.24, 2.45) is 5.92 Å². The third-order valence-corrected chi connectivity index (χ3v) is 8.51. The molecule has 0 saturated carbocycles. The van der Waals surface area contributed by atoms with Crippen LogP contribution in [0.25, 0.3) is 16.7 Å². The van der Waals surface area contributed by atoms with Gasteiger partial charge in [0.15, 0.2) is 0 Å². The van der Waals surface area contributed by atoms with Crippen LogP contribution in [0.4, 0.5) is 5.69 Å². The van der Waals surface area contributed by atoms with Gasteiger partial charge in [-0.05, 0) is 117 Å². The molecule has 1 aromatic carbocycles. The minimum absolute atomic E-state index is 0.304. The van der Waals surface area contributed by atoms with Crippen molar-refractivity contribution in [3.05, 3.63) is 49.1 Å². The minimum atomic E-state index is 0.304. The van der Waals surface area contributed by atoms with E-state index in [0.29, 0.717) is 6.61 Å². The first-order valence-electron chi connectivity index (χ1n) is 10.4. The van der Waals surface area contributed by atoms with E-state index in [1.807, 2.05) is 0 Å². The van der Waals surface area contributed by atoms with Gasteiger partial charge in [-0.2, -0.15) is 0 Å². The molecule has 160 valence electrons. The van der Waals surface area contributed by atoms with Crippen molar-refractivity contribution >= 4 is 64.5 Å². The van der Waals surface area contributed by atoms with Gasteiger partial charge >= 0.3 is 0 Å². The molecule has 0 amide bonds. The van der Waals surface area contributed by atoms with Crippen molar-refractivity contribution in [1.29, 1.82) is 0 Å². The van der Waals surface area contributed by atoms with Crippen molar-refractivity contribution in [3.8, 4) is 5.69 Å². The van der Waals surface area contributed by atoms with Crippen LogP contribution in [0, 0.1) is 19.8 Å². The molecular formula is C23H26Br3N3O. The highest BCUT2D eigenvalue weighted by molar-refractivity contribution is 9.13. The largest absolute Gasteiger partial charge is 0.396 e. The zero-order valence-electron chi connectivity index (χ0n) is 17.3. The zero-order valence-corrected chi connectivity index (χ0v) is 22.0. The number of fused-ring (bicyclic) bond motifs is 1. The van der Waals surface area contributed by atoms with E-state index >= 15 is 0 Å². The summed E-state index contributed by atoms with van der Waals surface area (Å²) in [7, 11) is 0. The second kappa shape index (κ2) is 9.31. The number of hydrogen-bond acceptors (Lipinski definition) is 3.